The van der Waals surface area contributed by atoms with Gasteiger partial charge in [0.15, 0.2) is 5.13 Å². The molecule has 4 rings (SSSR count). The summed E-state index contributed by atoms with van der Waals surface area (Å²) in [6, 6.07) is 11.4. The number of carbonyl (C=O) groups is 2. The van der Waals surface area contributed by atoms with Gasteiger partial charge in [0.1, 0.15) is 5.75 Å². The predicted octanol–water partition coefficient (Wildman–Crippen LogP) is 3.20. The molecule has 3 aromatic rings. The summed E-state index contributed by atoms with van der Waals surface area (Å²) in [7, 11) is 1.57. The monoisotopic (exact) mass is 412 g/mol. The van der Waals surface area contributed by atoms with E-state index in [4.69, 9.17) is 4.74 Å². The van der Waals surface area contributed by atoms with E-state index in [1.807, 2.05) is 0 Å². The Morgan fingerprint density at radius 2 is 2.07 bits per heavy atom. The number of amides is 2. The van der Waals surface area contributed by atoms with Crippen LogP contribution in [-0.4, -0.2) is 35.4 Å². The molecule has 0 saturated carbocycles. The molecule has 1 N–H and O–H groups in total. The standard InChI is InChI=1S/C19H16N4O5S/c1-28-14-5-2-12(3-6-14)22-10-11(8-17(22)24)18(25)21-19-20-15-7-4-13(23(26)27)9-16(15)29-19/h2-7,9,11H,8,10H2,1H3,(H,20,21,25)/t11-/m0/s1. The second kappa shape index (κ2) is 7.47. The average Bonchev–Trinajstić information content (AvgIpc) is 3.30. The van der Waals surface area contributed by atoms with E-state index in [0.717, 1.165) is 11.3 Å². The van der Waals surface area contributed by atoms with E-state index in [0.29, 0.717) is 26.8 Å². The lowest BCUT2D eigenvalue weighted by Gasteiger charge is -2.16. The average molecular weight is 412 g/mol. The highest BCUT2D eigenvalue weighted by Gasteiger charge is 2.35. The topological polar surface area (TPSA) is 115 Å². The third-order valence-electron chi connectivity index (χ3n) is 4.69. The Bertz CT molecular complexity index is 1110. The first-order valence-electron chi connectivity index (χ1n) is 8.75. The van der Waals surface area contributed by atoms with E-state index < -0.39 is 10.8 Å². The zero-order valence-corrected chi connectivity index (χ0v) is 16.1. The summed E-state index contributed by atoms with van der Waals surface area (Å²) in [5.41, 5.74) is 1.24. The number of nitro groups is 1. The van der Waals surface area contributed by atoms with Crippen molar-refractivity contribution in [2.75, 3.05) is 23.9 Å². The Balaban J connectivity index is 1.46. The SMILES string of the molecule is COc1ccc(N2C[C@@H](C(=O)Nc3nc4ccc([N+](=O)[O-])cc4s3)CC2=O)cc1. The molecule has 1 fully saturated rings. The molecule has 29 heavy (non-hydrogen) atoms. The number of nitrogens with one attached hydrogen (secondary N) is 1. The van der Waals surface area contributed by atoms with Gasteiger partial charge in [-0.2, -0.15) is 0 Å². The molecule has 1 saturated heterocycles. The molecule has 0 unspecified atom stereocenters. The number of anilines is 2. The highest BCUT2D eigenvalue weighted by atomic mass is 32.1. The van der Waals surface area contributed by atoms with E-state index in [-0.39, 0.29) is 30.5 Å². The zero-order valence-electron chi connectivity index (χ0n) is 15.3. The minimum absolute atomic E-state index is 0.0319. The number of benzene rings is 2. The summed E-state index contributed by atoms with van der Waals surface area (Å²) in [6.07, 6.45) is 0.105. The number of fused-ring (bicyclic) bond motifs is 1. The van der Waals surface area contributed by atoms with Crippen LogP contribution in [0.1, 0.15) is 6.42 Å². The summed E-state index contributed by atoms with van der Waals surface area (Å²) in [6.45, 7) is 0.271. The maximum atomic E-state index is 12.6. The van der Waals surface area contributed by atoms with Crippen LogP contribution in [0, 0.1) is 16.0 Å². The molecule has 1 atom stereocenters. The van der Waals surface area contributed by atoms with Crippen molar-refractivity contribution in [2.45, 2.75) is 6.42 Å². The van der Waals surface area contributed by atoms with Crippen molar-refractivity contribution < 1.29 is 19.2 Å². The lowest BCUT2D eigenvalue weighted by Crippen LogP contribution is -2.28. The first-order chi connectivity index (χ1) is 13.9. The van der Waals surface area contributed by atoms with E-state index in [2.05, 4.69) is 10.3 Å². The normalized spacial score (nSPS) is 16.2. The number of non-ortho nitro benzene ring substituents is 1. The minimum atomic E-state index is -0.508. The smallest absolute Gasteiger partial charge is 0.270 e. The van der Waals surface area contributed by atoms with E-state index in [9.17, 15) is 19.7 Å². The van der Waals surface area contributed by atoms with Crippen LogP contribution in [0.15, 0.2) is 42.5 Å². The number of ether oxygens (including phenoxy) is 1. The lowest BCUT2D eigenvalue weighted by molar-refractivity contribution is -0.384. The maximum Gasteiger partial charge on any atom is 0.270 e. The zero-order chi connectivity index (χ0) is 20.5. The van der Waals surface area contributed by atoms with Crippen molar-refractivity contribution in [3.8, 4) is 5.75 Å². The predicted molar refractivity (Wildman–Crippen MR) is 108 cm³/mol. The first kappa shape index (κ1) is 18.8. The second-order valence-electron chi connectivity index (χ2n) is 6.52. The largest absolute Gasteiger partial charge is 0.497 e. The number of thiazole rings is 1. The molecule has 1 aromatic heterocycles. The number of methoxy groups -OCH3 is 1. The van der Waals surface area contributed by atoms with E-state index in [1.165, 1.54) is 12.1 Å². The molecule has 0 radical (unpaired) electrons. The van der Waals surface area contributed by atoms with Crippen molar-refractivity contribution in [2.24, 2.45) is 5.92 Å². The molecule has 10 heteroatoms. The van der Waals surface area contributed by atoms with Gasteiger partial charge < -0.3 is 15.0 Å². The molecule has 9 nitrogen and oxygen atoms in total. The summed E-state index contributed by atoms with van der Waals surface area (Å²) < 4.78 is 5.73. The van der Waals surface area contributed by atoms with Crippen LogP contribution in [-0.2, 0) is 9.59 Å². The maximum absolute atomic E-state index is 12.6. The fourth-order valence-corrected chi connectivity index (χ4v) is 4.08. The first-order valence-corrected chi connectivity index (χ1v) is 9.56. The number of hydrogen-bond donors (Lipinski definition) is 1. The van der Waals surface area contributed by atoms with Crippen LogP contribution in [0.3, 0.4) is 0 Å². The molecule has 1 aliphatic rings. The van der Waals surface area contributed by atoms with Gasteiger partial charge in [0.2, 0.25) is 11.8 Å². The number of nitro benzene ring substituents is 1. The van der Waals surface area contributed by atoms with Crippen molar-refractivity contribution in [1.29, 1.82) is 0 Å². The molecule has 148 valence electrons. The van der Waals surface area contributed by atoms with Crippen molar-refractivity contribution in [3.63, 3.8) is 0 Å². The number of carbonyl (C=O) groups excluding carboxylic acids is 2. The molecule has 0 spiro atoms. The third kappa shape index (κ3) is 3.74. The van der Waals surface area contributed by atoms with Gasteiger partial charge in [-0.15, -0.1) is 0 Å². The summed E-state index contributed by atoms with van der Waals surface area (Å²) in [4.78, 5) is 41.3. The van der Waals surface area contributed by atoms with Crippen LogP contribution in [0.25, 0.3) is 10.2 Å². The van der Waals surface area contributed by atoms with Crippen molar-refractivity contribution in [3.05, 3.63) is 52.6 Å². The molecule has 0 aliphatic carbocycles. The van der Waals surface area contributed by atoms with Crippen LogP contribution in [0.4, 0.5) is 16.5 Å². The lowest BCUT2D eigenvalue weighted by atomic mass is 10.1. The Hall–Kier alpha value is -3.53. The molecule has 1 aliphatic heterocycles. The molecule has 2 heterocycles. The van der Waals surface area contributed by atoms with Crippen molar-refractivity contribution in [1.82, 2.24) is 4.98 Å². The van der Waals surface area contributed by atoms with Gasteiger partial charge in [0.25, 0.3) is 5.69 Å². The summed E-state index contributed by atoms with van der Waals surface area (Å²) in [5.74, 6) is -0.255. The van der Waals surface area contributed by atoms with Crippen LogP contribution < -0.4 is 15.0 Å². The minimum Gasteiger partial charge on any atom is -0.497 e. The van der Waals surface area contributed by atoms with E-state index >= 15 is 0 Å². The van der Waals surface area contributed by atoms with Crippen LogP contribution in [0.2, 0.25) is 0 Å². The number of hydrogen-bond acceptors (Lipinski definition) is 7. The Labute approximate surface area is 169 Å². The van der Waals surface area contributed by atoms with Crippen LogP contribution >= 0.6 is 11.3 Å². The Morgan fingerprint density at radius 3 is 2.76 bits per heavy atom. The van der Waals surface area contributed by atoms with Crippen LogP contribution in [0.5, 0.6) is 5.75 Å². The Morgan fingerprint density at radius 1 is 1.31 bits per heavy atom. The van der Waals surface area contributed by atoms with Gasteiger partial charge in [-0.1, -0.05) is 11.3 Å². The van der Waals surface area contributed by atoms with Gasteiger partial charge in [-0.05, 0) is 30.3 Å². The number of nitrogens with zero attached hydrogens (tertiary/aromatic N) is 3. The number of rotatable bonds is 5. The fraction of sp³-hybridized carbons (Fsp3) is 0.211. The van der Waals surface area contributed by atoms with Gasteiger partial charge >= 0.3 is 0 Å². The van der Waals surface area contributed by atoms with Gasteiger partial charge in [0, 0.05) is 30.8 Å². The summed E-state index contributed by atoms with van der Waals surface area (Å²) >= 11 is 1.16. The molecular formula is C19H16N4O5S. The summed E-state index contributed by atoms with van der Waals surface area (Å²) in [5, 5.41) is 14.0. The van der Waals surface area contributed by atoms with Crippen molar-refractivity contribution >= 4 is 49.9 Å². The number of aromatic nitrogens is 1. The van der Waals surface area contributed by atoms with Gasteiger partial charge in [0.05, 0.1) is 28.2 Å². The van der Waals surface area contributed by atoms with E-state index in [1.54, 1.807) is 42.3 Å². The molecule has 0 bridgehead atoms. The highest BCUT2D eigenvalue weighted by Crippen LogP contribution is 2.31. The fourth-order valence-electron chi connectivity index (χ4n) is 3.18. The third-order valence-corrected chi connectivity index (χ3v) is 5.63. The molecular weight excluding hydrogens is 396 g/mol. The quantitative estimate of drug-likeness (QED) is 0.508. The second-order valence-corrected chi connectivity index (χ2v) is 7.55. The van der Waals surface area contributed by atoms with Gasteiger partial charge in [-0.3, -0.25) is 19.7 Å². The molecule has 2 amide bonds. The molecule has 2 aromatic carbocycles. The van der Waals surface area contributed by atoms with Gasteiger partial charge in [-0.25, -0.2) is 4.98 Å². The Kier molecular flexibility index (Phi) is 4.85. The highest BCUT2D eigenvalue weighted by molar-refractivity contribution is 7.22.